The number of ether oxygens (including phenoxy) is 1. The Morgan fingerprint density at radius 1 is 1.22 bits per heavy atom. The van der Waals surface area contributed by atoms with Gasteiger partial charge in [-0.05, 0) is 32.4 Å². The van der Waals surface area contributed by atoms with Crippen LogP contribution in [0.4, 0.5) is 5.82 Å². The molecule has 0 unspecified atom stereocenters. The zero-order valence-corrected chi connectivity index (χ0v) is 15.2. The van der Waals surface area contributed by atoms with E-state index in [1.807, 2.05) is 38.1 Å². The molecule has 3 heterocycles. The first-order chi connectivity index (χ1) is 13.0. The number of rotatable bonds is 5. The van der Waals surface area contributed by atoms with Crippen molar-refractivity contribution in [3.05, 3.63) is 35.5 Å². The van der Waals surface area contributed by atoms with Crippen molar-refractivity contribution in [2.75, 3.05) is 11.7 Å². The van der Waals surface area contributed by atoms with Gasteiger partial charge in [0.05, 0.1) is 23.3 Å². The molecule has 0 saturated heterocycles. The number of anilines is 1. The van der Waals surface area contributed by atoms with Crippen LogP contribution in [0.15, 0.2) is 24.3 Å². The fourth-order valence-electron chi connectivity index (χ4n) is 2.89. The summed E-state index contributed by atoms with van der Waals surface area (Å²) in [7, 11) is 0. The van der Waals surface area contributed by atoms with Crippen LogP contribution in [0.1, 0.15) is 24.6 Å². The molecule has 138 valence electrons. The predicted octanol–water partition coefficient (Wildman–Crippen LogP) is 1.68. The van der Waals surface area contributed by atoms with Crippen molar-refractivity contribution in [3.8, 4) is 11.4 Å². The summed E-state index contributed by atoms with van der Waals surface area (Å²) >= 11 is 0. The summed E-state index contributed by atoms with van der Waals surface area (Å²) in [6.07, 6.45) is -0.337. The maximum absolute atomic E-state index is 11.8. The van der Waals surface area contributed by atoms with Crippen LogP contribution < -0.4 is 10.5 Å². The molecule has 1 aliphatic rings. The first kappa shape index (κ1) is 17.0. The lowest BCUT2D eigenvalue weighted by atomic mass is 10.1. The van der Waals surface area contributed by atoms with Crippen molar-refractivity contribution >= 4 is 28.7 Å². The summed E-state index contributed by atoms with van der Waals surface area (Å²) in [6, 6.07) is 7.69. The Hall–Kier alpha value is -3.49. The molecule has 3 aromatic rings. The molecule has 9 nitrogen and oxygen atoms in total. The van der Waals surface area contributed by atoms with Crippen molar-refractivity contribution in [2.45, 2.75) is 27.2 Å². The van der Waals surface area contributed by atoms with E-state index < -0.39 is 11.9 Å². The van der Waals surface area contributed by atoms with Crippen LogP contribution in [-0.4, -0.2) is 38.3 Å². The molecule has 0 saturated carbocycles. The minimum atomic E-state index is -0.562. The molecule has 0 spiro atoms. The van der Waals surface area contributed by atoms with Crippen LogP contribution in [0.25, 0.3) is 22.4 Å². The lowest BCUT2D eigenvalue weighted by Crippen LogP contribution is -2.36. The van der Waals surface area contributed by atoms with E-state index in [0.717, 1.165) is 22.3 Å². The molecule has 0 aliphatic carbocycles. The lowest BCUT2D eigenvalue weighted by Gasteiger charge is -2.08. The van der Waals surface area contributed by atoms with E-state index in [0.29, 0.717) is 17.2 Å². The van der Waals surface area contributed by atoms with E-state index >= 15 is 0 Å². The number of nitrogens with one attached hydrogen (secondary N) is 1. The number of aromatic nitrogens is 4. The number of nitrogens with zero attached hydrogens (tertiary/aromatic N) is 5. The van der Waals surface area contributed by atoms with Crippen LogP contribution in [0, 0.1) is 13.8 Å². The van der Waals surface area contributed by atoms with Gasteiger partial charge in [-0.3, -0.25) is 9.59 Å². The SMILES string of the molecule is CCOC(=O)CC(=O)NN1c2cc(-c3nc4c(C)cccc4nc3C)nn21. The Labute approximate surface area is 154 Å². The van der Waals surface area contributed by atoms with E-state index in [4.69, 9.17) is 9.72 Å². The van der Waals surface area contributed by atoms with Crippen molar-refractivity contribution in [2.24, 2.45) is 0 Å². The molecule has 27 heavy (non-hydrogen) atoms. The van der Waals surface area contributed by atoms with Crippen LogP contribution >= 0.6 is 0 Å². The van der Waals surface area contributed by atoms with Crippen LogP contribution in [0.3, 0.4) is 0 Å². The second-order valence-corrected chi connectivity index (χ2v) is 6.21. The maximum atomic E-state index is 11.8. The predicted molar refractivity (Wildman–Crippen MR) is 97.5 cm³/mol. The van der Waals surface area contributed by atoms with Crippen molar-refractivity contribution in [3.63, 3.8) is 0 Å². The van der Waals surface area contributed by atoms with Gasteiger partial charge in [-0.25, -0.2) is 15.4 Å². The minimum Gasteiger partial charge on any atom is -0.466 e. The van der Waals surface area contributed by atoms with Gasteiger partial charge in [0.1, 0.15) is 17.8 Å². The number of aryl methyl sites for hydroxylation is 2. The fourth-order valence-corrected chi connectivity index (χ4v) is 2.89. The highest BCUT2D eigenvalue weighted by molar-refractivity contribution is 5.95. The molecular formula is C18H18N6O3. The first-order valence-corrected chi connectivity index (χ1v) is 8.58. The van der Waals surface area contributed by atoms with Gasteiger partial charge < -0.3 is 4.74 Å². The Morgan fingerprint density at radius 3 is 2.74 bits per heavy atom. The number of amides is 1. The number of para-hydroxylation sites is 1. The lowest BCUT2D eigenvalue weighted by molar-refractivity contribution is -0.145. The largest absolute Gasteiger partial charge is 0.466 e. The Bertz CT molecular complexity index is 1050. The van der Waals surface area contributed by atoms with E-state index in [-0.39, 0.29) is 13.0 Å². The number of carbonyl (C=O) groups is 2. The molecule has 0 fully saturated rings. The molecule has 0 bridgehead atoms. The topological polar surface area (TPSA) is 102 Å². The molecule has 0 radical (unpaired) electrons. The zero-order chi connectivity index (χ0) is 19.1. The first-order valence-electron chi connectivity index (χ1n) is 8.58. The summed E-state index contributed by atoms with van der Waals surface area (Å²) in [5.74, 6) is -0.321. The average molecular weight is 366 g/mol. The zero-order valence-electron chi connectivity index (χ0n) is 15.2. The van der Waals surface area contributed by atoms with Crippen LogP contribution in [0.5, 0.6) is 0 Å². The molecule has 1 N–H and O–H groups in total. The third-order valence-corrected chi connectivity index (χ3v) is 4.19. The summed E-state index contributed by atoms with van der Waals surface area (Å²) in [6.45, 7) is 5.82. The van der Waals surface area contributed by atoms with Crippen molar-refractivity contribution in [1.82, 2.24) is 25.3 Å². The molecule has 4 rings (SSSR count). The van der Waals surface area contributed by atoms with Gasteiger partial charge >= 0.3 is 5.97 Å². The number of hydrogen-bond acceptors (Lipinski definition) is 7. The van der Waals surface area contributed by atoms with Crippen LogP contribution in [-0.2, 0) is 14.3 Å². The molecule has 1 aliphatic heterocycles. The Kier molecular flexibility index (Phi) is 3.98. The quantitative estimate of drug-likeness (QED) is 0.416. The van der Waals surface area contributed by atoms with Gasteiger partial charge in [-0.1, -0.05) is 12.1 Å². The molecular weight excluding hydrogens is 348 g/mol. The van der Waals surface area contributed by atoms with Crippen molar-refractivity contribution in [1.29, 1.82) is 0 Å². The smallest absolute Gasteiger partial charge is 0.315 e. The fraction of sp³-hybridized carbons (Fsp3) is 0.278. The molecule has 1 amide bonds. The molecule has 9 heteroatoms. The molecule has 1 aromatic carbocycles. The summed E-state index contributed by atoms with van der Waals surface area (Å²) in [5, 5.41) is 5.89. The number of benzene rings is 1. The van der Waals surface area contributed by atoms with E-state index in [9.17, 15) is 9.59 Å². The highest BCUT2D eigenvalue weighted by Crippen LogP contribution is 2.33. The summed E-state index contributed by atoms with van der Waals surface area (Å²) in [4.78, 5) is 34.0. The van der Waals surface area contributed by atoms with Gasteiger partial charge in [0, 0.05) is 6.07 Å². The van der Waals surface area contributed by atoms with Gasteiger partial charge in [0.2, 0.25) is 0 Å². The third kappa shape index (κ3) is 3.07. The Morgan fingerprint density at radius 2 is 2.04 bits per heavy atom. The van der Waals surface area contributed by atoms with E-state index in [1.54, 1.807) is 6.92 Å². The summed E-state index contributed by atoms with van der Waals surface area (Å²) < 4.78 is 4.75. The number of carbonyl (C=O) groups excluding carboxylic acids is 2. The number of hydrogen-bond donors (Lipinski definition) is 1. The molecule has 0 atom stereocenters. The monoisotopic (exact) mass is 366 g/mol. The van der Waals surface area contributed by atoms with E-state index in [2.05, 4.69) is 15.5 Å². The number of esters is 1. The standard InChI is InChI=1S/C18H18N6O3/c1-4-27-16(26)9-14(25)22-24-15-8-13(21-23(15)24)18-11(3)19-12-7-5-6-10(2)17(12)20-18/h5-8H,4,9H2,1-3H3,(H,22,25). The number of fused-ring (bicyclic) bond motifs is 2. The number of hydrazine groups is 1. The van der Waals surface area contributed by atoms with Gasteiger partial charge in [-0.15, -0.1) is 15.0 Å². The normalized spacial score (nSPS) is 12.0. The van der Waals surface area contributed by atoms with Gasteiger partial charge in [0.25, 0.3) is 5.91 Å². The van der Waals surface area contributed by atoms with E-state index in [1.165, 1.54) is 9.91 Å². The minimum absolute atomic E-state index is 0.242. The second-order valence-electron chi connectivity index (χ2n) is 6.21. The van der Waals surface area contributed by atoms with Gasteiger partial charge in [0.15, 0.2) is 5.82 Å². The highest BCUT2D eigenvalue weighted by atomic mass is 16.5. The Balaban J connectivity index is 1.50. The van der Waals surface area contributed by atoms with Crippen LogP contribution in [0.2, 0.25) is 0 Å². The molecule has 2 aromatic heterocycles. The van der Waals surface area contributed by atoms with Gasteiger partial charge in [-0.2, -0.15) is 0 Å². The maximum Gasteiger partial charge on any atom is 0.315 e. The summed E-state index contributed by atoms with van der Waals surface area (Å²) in [5.41, 5.74) is 7.48. The second kappa shape index (κ2) is 6.35. The highest BCUT2D eigenvalue weighted by Gasteiger charge is 2.35. The third-order valence-electron chi connectivity index (χ3n) is 4.19. The average Bonchev–Trinajstić information content (AvgIpc) is 3.04. The van der Waals surface area contributed by atoms with Crippen molar-refractivity contribution < 1.29 is 14.3 Å².